The van der Waals surface area contributed by atoms with Gasteiger partial charge in [-0.1, -0.05) is 19.8 Å². The van der Waals surface area contributed by atoms with Crippen LogP contribution >= 0.6 is 0 Å². The minimum atomic E-state index is -2.87. The van der Waals surface area contributed by atoms with Crippen LogP contribution in [0.1, 0.15) is 45.4 Å². The molecule has 9 nitrogen and oxygen atoms in total. The first-order valence-corrected chi connectivity index (χ1v) is 7.46. The minimum Gasteiger partial charge on any atom is -0.451 e. The predicted molar refractivity (Wildman–Crippen MR) is 71.3 cm³/mol. The van der Waals surface area contributed by atoms with Crippen LogP contribution in [-0.2, 0) is 28.6 Å². The van der Waals surface area contributed by atoms with Crippen molar-refractivity contribution in [1.82, 2.24) is 0 Å². The Labute approximate surface area is 132 Å². The second-order valence-corrected chi connectivity index (χ2v) is 5.89. The SMILES string of the molecule is CCCCC(O)CC1OC(=O)CC2(O)CC(=O)OC1(O)OC2=O. The number of aliphatic hydroxyl groups is 3. The molecule has 4 atom stereocenters. The summed E-state index contributed by atoms with van der Waals surface area (Å²) in [6.07, 6.45) is -2.60. The lowest BCUT2D eigenvalue weighted by Crippen LogP contribution is -2.55. The molecule has 0 aromatic rings. The zero-order valence-electron chi connectivity index (χ0n) is 12.7. The first-order valence-electron chi connectivity index (χ1n) is 7.46. The van der Waals surface area contributed by atoms with E-state index < -0.39 is 54.5 Å². The summed E-state index contributed by atoms with van der Waals surface area (Å²) in [7, 11) is 0. The topological polar surface area (TPSA) is 140 Å². The van der Waals surface area contributed by atoms with Crippen LogP contribution < -0.4 is 0 Å². The second-order valence-electron chi connectivity index (χ2n) is 5.89. The maximum Gasteiger partial charge on any atom is 0.413 e. The summed E-state index contributed by atoms with van der Waals surface area (Å²) < 4.78 is 14.3. The maximum absolute atomic E-state index is 11.9. The van der Waals surface area contributed by atoms with Gasteiger partial charge >= 0.3 is 23.9 Å². The van der Waals surface area contributed by atoms with E-state index in [2.05, 4.69) is 9.47 Å². The molecule has 2 heterocycles. The van der Waals surface area contributed by atoms with E-state index in [1.54, 1.807) is 0 Å². The largest absolute Gasteiger partial charge is 0.451 e. The Morgan fingerprint density at radius 1 is 1.17 bits per heavy atom. The zero-order valence-corrected chi connectivity index (χ0v) is 12.7. The van der Waals surface area contributed by atoms with Gasteiger partial charge in [0.2, 0.25) is 6.10 Å². The highest BCUT2D eigenvalue weighted by molar-refractivity contribution is 5.91. The van der Waals surface area contributed by atoms with Crippen LogP contribution in [0.3, 0.4) is 0 Å². The van der Waals surface area contributed by atoms with Crippen LogP contribution in [0.15, 0.2) is 0 Å². The van der Waals surface area contributed by atoms with Crippen molar-refractivity contribution in [3.63, 3.8) is 0 Å². The molecular formula is C14H20O9. The first kappa shape index (κ1) is 17.6. The summed E-state index contributed by atoms with van der Waals surface area (Å²) >= 11 is 0. The summed E-state index contributed by atoms with van der Waals surface area (Å²) in [6, 6.07) is 0. The molecule has 2 bridgehead atoms. The molecule has 0 aliphatic carbocycles. The molecule has 2 fully saturated rings. The molecule has 0 aromatic heterocycles. The first-order chi connectivity index (χ1) is 10.7. The molecule has 4 unspecified atom stereocenters. The van der Waals surface area contributed by atoms with E-state index in [1.807, 2.05) is 6.92 Å². The number of rotatable bonds is 5. The van der Waals surface area contributed by atoms with Crippen molar-refractivity contribution in [2.24, 2.45) is 0 Å². The second kappa shape index (κ2) is 6.42. The number of unbranched alkanes of at least 4 members (excludes halogenated alkanes) is 1. The summed E-state index contributed by atoms with van der Waals surface area (Å²) in [5.74, 6) is -6.35. The number of cyclic esters (lactones) is 1. The molecule has 0 aromatic carbocycles. The standard InChI is InChI=1S/C14H20O9/c1-2-3-4-8(15)5-9-14(20)22-11(17)7-13(19,12(18)23-14)6-10(16)21-9/h8-9,15,19-20H,2-7H2,1H3. The van der Waals surface area contributed by atoms with Crippen LogP contribution in [0.2, 0.25) is 0 Å². The Morgan fingerprint density at radius 2 is 1.83 bits per heavy atom. The molecule has 130 valence electrons. The Bertz CT molecular complexity index is 504. The monoisotopic (exact) mass is 332 g/mol. The molecule has 2 aliphatic heterocycles. The van der Waals surface area contributed by atoms with Gasteiger partial charge in [-0.3, -0.25) is 9.59 Å². The fourth-order valence-electron chi connectivity index (χ4n) is 2.54. The number of ether oxygens (including phenoxy) is 3. The Morgan fingerprint density at radius 3 is 2.48 bits per heavy atom. The highest BCUT2D eigenvalue weighted by Gasteiger charge is 2.59. The van der Waals surface area contributed by atoms with Crippen LogP contribution in [0.4, 0.5) is 0 Å². The number of carbonyl (C=O) groups excluding carboxylic acids is 3. The fraction of sp³-hybridized carbons (Fsp3) is 0.786. The lowest BCUT2D eigenvalue weighted by atomic mass is 9.95. The van der Waals surface area contributed by atoms with Crippen LogP contribution in [0.25, 0.3) is 0 Å². The lowest BCUT2D eigenvalue weighted by Gasteiger charge is -2.35. The third kappa shape index (κ3) is 3.80. The van der Waals surface area contributed by atoms with Crippen molar-refractivity contribution in [2.75, 3.05) is 0 Å². The van der Waals surface area contributed by atoms with Crippen molar-refractivity contribution in [3.05, 3.63) is 0 Å². The smallest absolute Gasteiger partial charge is 0.413 e. The van der Waals surface area contributed by atoms with Crippen LogP contribution in [0.5, 0.6) is 0 Å². The lowest BCUT2D eigenvalue weighted by molar-refractivity contribution is -0.364. The Kier molecular flexibility index (Phi) is 4.92. The van der Waals surface area contributed by atoms with Crippen molar-refractivity contribution in [3.8, 4) is 0 Å². The van der Waals surface area contributed by atoms with Gasteiger partial charge in [-0.25, -0.2) is 4.79 Å². The van der Waals surface area contributed by atoms with E-state index in [-0.39, 0.29) is 6.42 Å². The molecule has 2 aliphatic rings. The zero-order chi connectivity index (χ0) is 17.3. The molecule has 2 saturated heterocycles. The van der Waals surface area contributed by atoms with Crippen LogP contribution in [-0.4, -0.2) is 57.0 Å². The Hall–Kier alpha value is -1.71. The predicted octanol–water partition coefficient (Wildman–Crippen LogP) is -0.890. The summed E-state index contributed by atoms with van der Waals surface area (Å²) in [6.45, 7) is 1.92. The van der Waals surface area contributed by atoms with Gasteiger partial charge in [-0.2, -0.15) is 0 Å². The maximum atomic E-state index is 11.9. The molecule has 3 N–H and O–H groups in total. The third-order valence-electron chi connectivity index (χ3n) is 3.81. The molecule has 0 amide bonds. The number of fused-ring (bicyclic) bond motifs is 3. The number of hydrogen-bond acceptors (Lipinski definition) is 9. The van der Waals surface area contributed by atoms with Gasteiger partial charge in [-0.15, -0.1) is 0 Å². The van der Waals surface area contributed by atoms with E-state index in [4.69, 9.17) is 4.74 Å². The molecule has 2 rings (SSSR count). The van der Waals surface area contributed by atoms with Gasteiger partial charge in [0.15, 0.2) is 5.60 Å². The van der Waals surface area contributed by atoms with E-state index in [0.29, 0.717) is 12.8 Å². The summed E-state index contributed by atoms with van der Waals surface area (Å²) in [4.78, 5) is 35.5. The third-order valence-corrected chi connectivity index (χ3v) is 3.81. The molecule has 0 radical (unpaired) electrons. The summed E-state index contributed by atoms with van der Waals surface area (Å²) in [5, 5.41) is 30.3. The average Bonchev–Trinajstić information content (AvgIpc) is 2.48. The number of carbonyl (C=O) groups is 3. The normalized spacial score (nSPS) is 35.5. The van der Waals surface area contributed by atoms with Crippen molar-refractivity contribution < 1.29 is 43.9 Å². The number of hydrogen-bond donors (Lipinski definition) is 3. The van der Waals surface area contributed by atoms with Gasteiger partial charge in [0.25, 0.3) is 0 Å². The Balaban J connectivity index is 2.27. The van der Waals surface area contributed by atoms with Crippen LogP contribution in [0, 0.1) is 0 Å². The molecule has 9 heteroatoms. The number of aliphatic hydroxyl groups excluding tert-OH is 1. The molecule has 0 saturated carbocycles. The van der Waals surface area contributed by atoms with Crippen molar-refractivity contribution in [1.29, 1.82) is 0 Å². The quantitative estimate of drug-likeness (QED) is 0.547. The molecule has 0 spiro atoms. The van der Waals surface area contributed by atoms with Gasteiger partial charge < -0.3 is 29.5 Å². The van der Waals surface area contributed by atoms with E-state index in [1.165, 1.54) is 0 Å². The number of esters is 3. The highest BCUT2D eigenvalue weighted by Crippen LogP contribution is 2.35. The van der Waals surface area contributed by atoms with Gasteiger partial charge in [0.1, 0.15) is 0 Å². The van der Waals surface area contributed by atoms with Gasteiger partial charge in [0, 0.05) is 6.42 Å². The van der Waals surface area contributed by atoms with Crippen molar-refractivity contribution >= 4 is 17.9 Å². The van der Waals surface area contributed by atoms with Crippen molar-refractivity contribution in [2.45, 2.75) is 69.2 Å². The highest BCUT2D eigenvalue weighted by atomic mass is 16.9. The minimum absolute atomic E-state index is 0.290. The molecular weight excluding hydrogens is 312 g/mol. The summed E-state index contributed by atoms with van der Waals surface area (Å²) in [5.41, 5.74) is -2.44. The van der Waals surface area contributed by atoms with Gasteiger partial charge in [0.05, 0.1) is 18.9 Å². The fourth-order valence-corrected chi connectivity index (χ4v) is 2.54. The van der Waals surface area contributed by atoms with E-state index in [9.17, 15) is 29.7 Å². The van der Waals surface area contributed by atoms with E-state index >= 15 is 0 Å². The average molecular weight is 332 g/mol. The molecule has 23 heavy (non-hydrogen) atoms. The van der Waals surface area contributed by atoms with E-state index in [0.717, 1.165) is 6.42 Å². The van der Waals surface area contributed by atoms with Gasteiger partial charge in [-0.05, 0) is 6.42 Å².